The Hall–Kier alpha value is -0.570. The molecule has 0 spiro atoms. The highest BCUT2D eigenvalue weighted by Crippen LogP contribution is 2.38. The van der Waals surface area contributed by atoms with E-state index in [-0.39, 0.29) is 11.8 Å². The zero-order valence-electron chi connectivity index (χ0n) is 8.20. The number of hydrogen-bond donors (Lipinski definition) is 1. The molecule has 13 heavy (non-hydrogen) atoms. The molecule has 1 atom stereocenters. The van der Waals surface area contributed by atoms with E-state index in [0.717, 1.165) is 0 Å². The van der Waals surface area contributed by atoms with Crippen LogP contribution in [0.1, 0.15) is 32.6 Å². The number of nitrogens with zero attached hydrogens (tertiary/aromatic N) is 1. The Bertz CT molecular complexity index is 197. The third kappa shape index (κ3) is 1.35. The molecule has 74 valence electrons. The van der Waals surface area contributed by atoms with Gasteiger partial charge in [0.1, 0.15) is 0 Å². The molecule has 2 aliphatic rings. The van der Waals surface area contributed by atoms with Gasteiger partial charge in [0, 0.05) is 24.5 Å². The van der Waals surface area contributed by atoms with Crippen LogP contribution >= 0.6 is 0 Å². The number of amides is 1. The van der Waals surface area contributed by atoms with Crippen LogP contribution in [0.5, 0.6) is 0 Å². The molecule has 0 radical (unpaired) electrons. The van der Waals surface area contributed by atoms with Crippen LogP contribution in [0, 0.1) is 5.92 Å². The molecule has 0 aliphatic carbocycles. The van der Waals surface area contributed by atoms with Gasteiger partial charge in [-0.3, -0.25) is 4.79 Å². The first-order chi connectivity index (χ1) is 6.24. The molecule has 0 saturated carbocycles. The lowest BCUT2D eigenvalue weighted by atomic mass is 10.0. The average Bonchev–Trinajstić information content (AvgIpc) is 2.74. The van der Waals surface area contributed by atoms with Crippen LogP contribution in [0.2, 0.25) is 0 Å². The number of fused-ring (bicyclic) bond motifs is 2. The summed E-state index contributed by atoms with van der Waals surface area (Å²) < 4.78 is 0. The first-order valence-corrected chi connectivity index (χ1v) is 5.26. The molecule has 0 aromatic heterocycles. The molecule has 2 aliphatic heterocycles. The van der Waals surface area contributed by atoms with Crippen molar-refractivity contribution in [2.45, 2.75) is 44.7 Å². The molecule has 2 saturated heterocycles. The van der Waals surface area contributed by atoms with Crippen molar-refractivity contribution in [1.82, 2.24) is 4.90 Å². The lowest BCUT2D eigenvalue weighted by molar-refractivity contribution is -0.135. The Morgan fingerprint density at radius 3 is 2.23 bits per heavy atom. The SMILES string of the molecule is CC(CN)C(=O)N1C2CCC1CC2. The molecule has 2 heterocycles. The summed E-state index contributed by atoms with van der Waals surface area (Å²) in [6, 6.07) is 1.10. The van der Waals surface area contributed by atoms with Crippen molar-refractivity contribution in [3.8, 4) is 0 Å². The van der Waals surface area contributed by atoms with Crippen LogP contribution in [-0.2, 0) is 4.79 Å². The fourth-order valence-corrected chi connectivity index (χ4v) is 2.63. The van der Waals surface area contributed by atoms with Crippen molar-refractivity contribution in [1.29, 1.82) is 0 Å². The summed E-state index contributed by atoms with van der Waals surface area (Å²) >= 11 is 0. The number of rotatable bonds is 2. The standard InChI is InChI=1S/C10H18N2O/c1-7(6-11)10(13)12-8-2-3-9(12)5-4-8/h7-9H,2-6,11H2,1H3. The third-order valence-electron chi connectivity index (χ3n) is 3.48. The second kappa shape index (κ2) is 3.29. The van der Waals surface area contributed by atoms with E-state index < -0.39 is 0 Å². The minimum Gasteiger partial charge on any atom is -0.336 e. The molecule has 3 heteroatoms. The fraction of sp³-hybridized carbons (Fsp3) is 0.900. The van der Waals surface area contributed by atoms with Crippen LogP contribution < -0.4 is 5.73 Å². The Kier molecular flexibility index (Phi) is 2.28. The monoisotopic (exact) mass is 182 g/mol. The third-order valence-corrected chi connectivity index (χ3v) is 3.48. The molecular weight excluding hydrogens is 164 g/mol. The molecule has 1 amide bonds. The van der Waals surface area contributed by atoms with E-state index in [1.807, 2.05) is 6.92 Å². The number of carbonyl (C=O) groups excluding carboxylic acids is 1. The maximum Gasteiger partial charge on any atom is 0.227 e. The van der Waals surface area contributed by atoms with E-state index in [4.69, 9.17) is 5.73 Å². The van der Waals surface area contributed by atoms with E-state index in [1.54, 1.807) is 0 Å². The predicted octanol–water partition coefficient (Wildman–Crippen LogP) is 0.735. The molecule has 1 unspecified atom stereocenters. The zero-order chi connectivity index (χ0) is 9.42. The summed E-state index contributed by atoms with van der Waals surface area (Å²) in [5.74, 6) is 0.300. The van der Waals surface area contributed by atoms with Gasteiger partial charge >= 0.3 is 0 Å². The van der Waals surface area contributed by atoms with Crippen LogP contribution in [0.15, 0.2) is 0 Å². The summed E-state index contributed by atoms with van der Waals surface area (Å²) in [6.45, 7) is 2.41. The van der Waals surface area contributed by atoms with Gasteiger partial charge in [0.25, 0.3) is 0 Å². The molecule has 2 fully saturated rings. The van der Waals surface area contributed by atoms with Crippen LogP contribution in [0.25, 0.3) is 0 Å². The smallest absolute Gasteiger partial charge is 0.227 e. The largest absolute Gasteiger partial charge is 0.336 e. The maximum absolute atomic E-state index is 11.9. The Morgan fingerprint density at radius 2 is 1.85 bits per heavy atom. The number of nitrogens with two attached hydrogens (primary N) is 1. The van der Waals surface area contributed by atoms with Gasteiger partial charge < -0.3 is 10.6 Å². The highest BCUT2D eigenvalue weighted by molar-refractivity contribution is 5.80. The van der Waals surface area contributed by atoms with Crippen molar-refractivity contribution in [2.75, 3.05) is 6.54 Å². The van der Waals surface area contributed by atoms with Gasteiger partial charge in [-0.05, 0) is 25.7 Å². The molecule has 0 aromatic rings. The van der Waals surface area contributed by atoms with Gasteiger partial charge in [0.2, 0.25) is 5.91 Å². The zero-order valence-corrected chi connectivity index (χ0v) is 8.20. The van der Waals surface area contributed by atoms with Crippen molar-refractivity contribution in [3.63, 3.8) is 0 Å². The highest BCUT2D eigenvalue weighted by atomic mass is 16.2. The second-order valence-electron chi connectivity index (χ2n) is 4.34. The van der Waals surface area contributed by atoms with Crippen molar-refractivity contribution < 1.29 is 4.79 Å². The van der Waals surface area contributed by atoms with Gasteiger partial charge in [-0.15, -0.1) is 0 Å². The molecule has 2 rings (SSSR count). The first kappa shape index (κ1) is 9.00. The minimum atomic E-state index is 0.0150. The number of carbonyl (C=O) groups is 1. The van der Waals surface area contributed by atoms with E-state index in [1.165, 1.54) is 25.7 Å². The molecule has 2 N–H and O–H groups in total. The normalized spacial score (nSPS) is 33.8. The van der Waals surface area contributed by atoms with Crippen LogP contribution in [-0.4, -0.2) is 29.4 Å². The van der Waals surface area contributed by atoms with Crippen molar-refractivity contribution in [3.05, 3.63) is 0 Å². The lowest BCUT2D eigenvalue weighted by Crippen LogP contribution is -2.40. The van der Waals surface area contributed by atoms with E-state index in [2.05, 4.69) is 4.90 Å². The maximum atomic E-state index is 11.9. The molecule has 2 bridgehead atoms. The Labute approximate surface area is 79.3 Å². The minimum absolute atomic E-state index is 0.0150. The lowest BCUT2D eigenvalue weighted by Gasteiger charge is -2.24. The van der Waals surface area contributed by atoms with Crippen LogP contribution in [0.4, 0.5) is 0 Å². The summed E-state index contributed by atoms with van der Waals surface area (Å²) in [6.07, 6.45) is 4.86. The number of hydrogen-bond acceptors (Lipinski definition) is 2. The van der Waals surface area contributed by atoms with Gasteiger partial charge in [0.15, 0.2) is 0 Å². The molecule has 3 nitrogen and oxygen atoms in total. The van der Waals surface area contributed by atoms with E-state index >= 15 is 0 Å². The molecular formula is C10H18N2O. The van der Waals surface area contributed by atoms with Gasteiger partial charge in [-0.25, -0.2) is 0 Å². The topological polar surface area (TPSA) is 46.3 Å². The highest BCUT2D eigenvalue weighted by Gasteiger charge is 2.42. The van der Waals surface area contributed by atoms with Gasteiger partial charge in [-0.1, -0.05) is 6.92 Å². The predicted molar refractivity (Wildman–Crippen MR) is 51.1 cm³/mol. The Balaban J connectivity index is 2.05. The van der Waals surface area contributed by atoms with Crippen LogP contribution in [0.3, 0.4) is 0 Å². The Morgan fingerprint density at radius 1 is 1.38 bits per heavy atom. The summed E-state index contributed by atoms with van der Waals surface area (Å²) in [5, 5.41) is 0. The molecule has 0 aromatic carbocycles. The second-order valence-corrected chi connectivity index (χ2v) is 4.34. The summed E-state index contributed by atoms with van der Waals surface area (Å²) in [5.41, 5.74) is 5.50. The van der Waals surface area contributed by atoms with Crippen molar-refractivity contribution in [2.24, 2.45) is 11.7 Å². The van der Waals surface area contributed by atoms with E-state index in [9.17, 15) is 4.79 Å². The van der Waals surface area contributed by atoms with Gasteiger partial charge in [-0.2, -0.15) is 0 Å². The quantitative estimate of drug-likeness (QED) is 0.684. The fourth-order valence-electron chi connectivity index (χ4n) is 2.63. The first-order valence-electron chi connectivity index (χ1n) is 5.26. The average molecular weight is 182 g/mol. The van der Waals surface area contributed by atoms with E-state index in [0.29, 0.717) is 18.6 Å². The summed E-state index contributed by atoms with van der Waals surface area (Å²) in [4.78, 5) is 14.0. The van der Waals surface area contributed by atoms with Gasteiger partial charge in [0.05, 0.1) is 0 Å². The summed E-state index contributed by atoms with van der Waals surface area (Å²) in [7, 11) is 0. The van der Waals surface area contributed by atoms with Crippen molar-refractivity contribution >= 4 is 5.91 Å².